The Morgan fingerprint density at radius 1 is 1.00 bits per heavy atom. The largest absolute Gasteiger partial charge is 0.497 e. The molecule has 3 aromatic heterocycles. The summed E-state index contributed by atoms with van der Waals surface area (Å²) in [5.41, 5.74) is 3.27. The van der Waals surface area contributed by atoms with E-state index in [9.17, 15) is 4.79 Å². The van der Waals surface area contributed by atoms with Gasteiger partial charge in [-0.15, -0.1) is 0 Å². The van der Waals surface area contributed by atoms with E-state index in [2.05, 4.69) is 15.3 Å². The number of carbonyl (C=O) groups excluding carboxylic acids is 1. The summed E-state index contributed by atoms with van der Waals surface area (Å²) in [5, 5.41) is 3.12. The van der Waals surface area contributed by atoms with Crippen molar-refractivity contribution in [1.82, 2.24) is 19.7 Å². The molecule has 0 saturated heterocycles. The van der Waals surface area contributed by atoms with Crippen LogP contribution in [0.4, 0.5) is 0 Å². The Morgan fingerprint density at radius 2 is 1.74 bits per heavy atom. The van der Waals surface area contributed by atoms with Gasteiger partial charge in [-0.2, -0.15) is 0 Å². The van der Waals surface area contributed by atoms with Gasteiger partial charge in [-0.05, 0) is 47.5 Å². The number of ether oxygens (including phenoxy) is 1. The van der Waals surface area contributed by atoms with Crippen LogP contribution in [0.15, 0.2) is 79.5 Å². The molecule has 6 heteroatoms. The Hall–Kier alpha value is -3.67. The number of amides is 1. The zero-order valence-electron chi connectivity index (χ0n) is 14.7. The minimum absolute atomic E-state index is 0.164. The number of fused-ring (bicyclic) bond motifs is 1. The average molecular weight is 358 g/mol. The number of benzene rings is 1. The number of nitrogens with zero attached hydrogens (tertiary/aromatic N) is 3. The highest BCUT2D eigenvalue weighted by molar-refractivity contribution is 5.94. The van der Waals surface area contributed by atoms with Crippen LogP contribution >= 0.6 is 0 Å². The standard InChI is InChI=1S/C21H18N4O2/c1-27-18-5-2-15(3-6-18)20(16-8-10-22-11-9-16)24-21(26)17-4-7-19-23-12-13-25(19)14-17/h2-14,20H,1H3,(H,24,26)/t20-/m1/s1. The molecule has 27 heavy (non-hydrogen) atoms. The van der Waals surface area contributed by atoms with Crippen LogP contribution in [0.1, 0.15) is 27.5 Å². The molecular weight excluding hydrogens is 340 g/mol. The summed E-state index contributed by atoms with van der Waals surface area (Å²) in [7, 11) is 1.63. The van der Waals surface area contributed by atoms with E-state index in [4.69, 9.17) is 4.74 Å². The van der Waals surface area contributed by atoms with Gasteiger partial charge >= 0.3 is 0 Å². The molecule has 1 N–H and O–H groups in total. The van der Waals surface area contributed by atoms with Gasteiger partial charge in [0.25, 0.3) is 5.91 Å². The highest BCUT2D eigenvalue weighted by atomic mass is 16.5. The van der Waals surface area contributed by atoms with E-state index in [-0.39, 0.29) is 11.9 Å². The summed E-state index contributed by atoms with van der Waals surface area (Å²) in [6.45, 7) is 0. The van der Waals surface area contributed by atoms with Gasteiger partial charge in [0.05, 0.1) is 18.7 Å². The van der Waals surface area contributed by atoms with Crippen molar-refractivity contribution in [3.05, 3.63) is 96.2 Å². The maximum Gasteiger partial charge on any atom is 0.253 e. The number of aromatic nitrogens is 3. The third-order valence-corrected chi connectivity index (χ3v) is 4.41. The van der Waals surface area contributed by atoms with Crippen molar-refractivity contribution in [3.63, 3.8) is 0 Å². The van der Waals surface area contributed by atoms with E-state index in [0.717, 1.165) is 22.5 Å². The van der Waals surface area contributed by atoms with Gasteiger partial charge in [-0.25, -0.2) is 4.98 Å². The lowest BCUT2D eigenvalue weighted by atomic mass is 9.99. The van der Waals surface area contributed by atoms with Crippen LogP contribution in [0, 0.1) is 0 Å². The van der Waals surface area contributed by atoms with E-state index in [1.807, 2.05) is 53.1 Å². The van der Waals surface area contributed by atoms with Crippen LogP contribution < -0.4 is 10.1 Å². The highest BCUT2D eigenvalue weighted by Crippen LogP contribution is 2.24. The Labute approximate surface area is 156 Å². The molecule has 0 spiro atoms. The number of pyridine rings is 2. The maximum atomic E-state index is 12.9. The smallest absolute Gasteiger partial charge is 0.253 e. The molecule has 0 aliphatic heterocycles. The second-order valence-electron chi connectivity index (χ2n) is 6.07. The van der Waals surface area contributed by atoms with E-state index < -0.39 is 0 Å². The number of imidazole rings is 1. The van der Waals surface area contributed by atoms with Crippen LogP contribution in [-0.4, -0.2) is 27.4 Å². The lowest BCUT2D eigenvalue weighted by Crippen LogP contribution is -2.29. The molecule has 1 aromatic carbocycles. The van der Waals surface area contributed by atoms with Gasteiger partial charge in [0.1, 0.15) is 11.4 Å². The Bertz CT molecular complexity index is 1060. The van der Waals surface area contributed by atoms with Gasteiger partial charge in [0.2, 0.25) is 0 Å². The van der Waals surface area contributed by atoms with Gasteiger partial charge in [-0.3, -0.25) is 9.78 Å². The number of hydrogen-bond acceptors (Lipinski definition) is 4. The quantitative estimate of drug-likeness (QED) is 0.595. The first-order valence-electron chi connectivity index (χ1n) is 8.52. The molecule has 0 aliphatic rings. The molecule has 0 saturated carbocycles. The summed E-state index contributed by atoms with van der Waals surface area (Å²) in [6.07, 6.45) is 8.73. The molecule has 0 radical (unpaired) electrons. The topological polar surface area (TPSA) is 68.5 Å². The summed E-state index contributed by atoms with van der Waals surface area (Å²) < 4.78 is 7.06. The number of rotatable bonds is 5. The Kier molecular flexibility index (Phi) is 4.53. The zero-order valence-corrected chi connectivity index (χ0v) is 14.7. The molecule has 0 fully saturated rings. The van der Waals surface area contributed by atoms with Gasteiger partial charge < -0.3 is 14.5 Å². The van der Waals surface area contributed by atoms with Crippen LogP contribution in [0.25, 0.3) is 5.65 Å². The molecule has 1 atom stereocenters. The molecule has 0 aliphatic carbocycles. The average Bonchev–Trinajstić information content (AvgIpc) is 3.20. The van der Waals surface area contributed by atoms with Crippen molar-refractivity contribution < 1.29 is 9.53 Å². The molecule has 0 unspecified atom stereocenters. The molecule has 4 aromatic rings. The molecule has 4 rings (SSSR count). The SMILES string of the molecule is COc1ccc([C@@H](NC(=O)c2ccc3nccn3c2)c2ccncc2)cc1. The number of carbonyl (C=O) groups is 1. The van der Waals surface area contributed by atoms with Crippen molar-refractivity contribution in [2.75, 3.05) is 7.11 Å². The number of nitrogens with one attached hydrogen (secondary N) is 1. The first-order valence-corrected chi connectivity index (χ1v) is 8.52. The molecule has 134 valence electrons. The van der Waals surface area contributed by atoms with Crippen molar-refractivity contribution in [3.8, 4) is 5.75 Å². The van der Waals surface area contributed by atoms with Crippen molar-refractivity contribution in [1.29, 1.82) is 0 Å². The lowest BCUT2D eigenvalue weighted by molar-refractivity contribution is 0.0942. The predicted octanol–water partition coefficient (Wildman–Crippen LogP) is 3.26. The predicted molar refractivity (Wildman–Crippen MR) is 102 cm³/mol. The summed E-state index contributed by atoms with van der Waals surface area (Å²) in [4.78, 5) is 21.2. The molecular formula is C21H18N4O2. The summed E-state index contributed by atoms with van der Waals surface area (Å²) >= 11 is 0. The van der Waals surface area contributed by atoms with Gasteiger partial charge in [0, 0.05) is 31.0 Å². The second-order valence-corrected chi connectivity index (χ2v) is 6.07. The normalized spacial score (nSPS) is 11.9. The first-order chi connectivity index (χ1) is 13.2. The number of hydrogen-bond donors (Lipinski definition) is 1. The van der Waals surface area contributed by atoms with Crippen molar-refractivity contribution in [2.24, 2.45) is 0 Å². The van der Waals surface area contributed by atoms with E-state index in [1.54, 1.807) is 38.0 Å². The third-order valence-electron chi connectivity index (χ3n) is 4.41. The minimum atomic E-state index is -0.301. The number of methoxy groups -OCH3 is 1. The van der Waals surface area contributed by atoms with Crippen LogP contribution in [-0.2, 0) is 0 Å². The minimum Gasteiger partial charge on any atom is -0.497 e. The second kappa shape index (κ2) is 7.29. The fourth-order valence-corrected chi connectivity index (χ4v) is 2.98. The molecule has 0 bridgehead atoms. The summed E-state index contributed by atoms with van der Waals surface area (Å²) in [5.74, 6) is 0.604. The third kappa shape index (κ3) is 3.50. The van der Waals surface area contributed by atoms with Crippen LogP contribution in [0.5, 0.6) is 5.75 Å². The van der Waals surface area contributed by atoms with Gasteiger partial charge in [0.15, 0.2) is 0 Å². The Balaban J connectivity index is 1.66. The lowest BCUT2D eigenvalue weighted by Gasteiger charge is -2.20. The van der Waals surface area contributed by atoms with Crippen LogP contribution in [0.2, 0.25) is 0 Å². The van der Waals surface area contributed by atoms with Crippen molar-refractivity contribution in [2.45, 2.75) is 6.04 Å². The molecule has 1 amide bonds. The Morgan fingerprint density at radius 3 is 2.48 bits per heavy atom. The monoisotopic (exact) mass is 358 g/mol. The van der Waals surface area contributed by atoms with Gasteiger partial charge in [-0.1, -0.05) is 12.1 Å². The fraction of sp³-hybridized carbons (Fsp3) is 0.0952. The van der Waals surface area contributed by atoms with E-state index in [1.165, 1.54) is 0 Å². The van der Waals surface area contributed by atoms with Crippen molar-refractivity contribution >= 4 is 11.6 Å². The molecule has 6 nitrogen and oxygen atoms in total. The fourth-order valence-electron chi connectivity index (χ4n) is 2.98. The highest BCUT2D eigenvalue weighted by Gasteiger charge is 2.18. The van der Waals surface area contributed by atoms with E-state index in [0.29, 0.717) is 5.56 Å². The van der Waals surface area contributed by atoms with Crippen LogP contribution in [0.3, 0.4) is 0 Å². The van der Waals surface area contributed by atoms with E-state index >= 15 is 0 Å². The summed E-state index contributed by atoms with van der Waals surface area (Å²) in [6, 6.07) is 14.7. The maximum absolute atomic E-state index is 12.9. The first kappa shape index (κ1) is 16.8. The molecule has 3 heterocycles. The zero-order chi connectivity index (χ0) is 18.6.